The van der Waals surface area contributed by atoms with Crippen LogP contribution in [0.5, 0.6) is 5.75 Å². The van der Waals surface area contributed by atoms with E-state index in [1.165, 1.54) is 12.1 Å². The van der Waals surface area contributed by atoms with E-state index in [0.717, 1.165) is 11.3 Å². The fourth-order valence-corrected chi connectivity index (χ4v) is 3.50. The van der Waals surface area contributed by atoms with Crippen LogP contribution in [0.2, 0.25) is 0 Å². The highest BCUT2D eigenvalue weighted by Gasteiger charge is 2.24. The lowest BCUT2D eigenvalue weighted by Crippen LogP contribution is -2.34. The van der Waals surface area contributed by atoms with Gasteiger partial charge in [-0.2, -0.15) is 5.26 Å². The summed E-state index contributed by atoms with van der Waals surface area (Å²) in [4.78, 5) is 0.0852. The van der Waals surface area contributed by atoms with Gasteiger partial charge in [0.1, 0.15) is 11.9 Å². The van der Waals surface area contributed by atoms with Crippen molar-refractivity contribution < 1.29 is 13.2 Å². The van der Waals surface area contributed by atoms with Crippen LogP contribution in [-0.2, 0) is 16.4 Å². The van der Waals surface area contributed by atoms with Gasteiger partial charge in [0.25, 0.3) is 0 Å². The molecule has 0 fully saturated rings. The Morgan fingerprint density at radius 2 is 2.05 bits per heavy atom. The maximum absolute atomic E-state index is 12.3. The monoisotopic (exact) mass is 314 g/mol. The van der Waals surface area contributed by atoms with Crippen molar-refractivity contribution in [3.63, 3.8) is 0 Å². The quantitative estimate of drug-likeness (QED) is 0.934. The number of ether oxygens (including phenoxy) is 1. The van der Waals surface area contributed by atoms with Crippen molar-refractivity contribution in [1.29, 1.82) is 5.26 Å². The Bertz CT molecular complexity index is 815. The van der Waals surface area contributed by atoms with E-state index < -0.39 is 10.0 Å². The molecule has 1 atom stereocenters. The van der Waals surface area contributed by atoms with Crippen molar-refractivity contribution in [3.8, 4) is 11.8 Å². The van der Waals surface area contributed by atoms with Gasteiger partial charge in [-0.1, -0.05) is 24.3 Å². The van der Waals surface area contributed by atoms with E-state index in [4.69, 9.17) is 10.00 Å². The molecule has 22 heavy (non-hydrogen) atoms. The first-order chi connectivity index (χ1) is 10.6. The van der Waals surface area contributed by atoms with E-state index in [-0.39, 0.29) is 17.5 Å². The predicted molar refractivity (Wildman–Crippen MR) is 80.9 cm³/mol. The van der Waals surface area contributed by atoms with Gasteiger partial charge < -0.3 is 4.74 Å². The maximum Gasteiger partial charge on any atom is 0.240 e. The van der Waals surface area contributed by atoms with Crippen molar-refractivity contribution in [2.24, 2.45) is 0 Å². The number of fused-ring (bicyclic) bond motifs is 1. The Labute approximate surface area is 129 Å². The molecule has 1 N–H and O–H groups in total. The second-order valence-corrected chi connectivity index (χ2v) is 6.81. The van der Waals surface area contributed by atoms with Gasteiger partial charge in [-0.3, -0.25) is 0 Å². The normalized spacial score (nSPS) is 16.6. The van der Waals surface area contributed by atoms with Gasteiger partial charge in [-0.25, -0.2) is 13.1 Å². The van der Waals surface area contributed by atoms with Gasteiger partial charge in [0.15, 0.2) is 0 Å². The number of hydrogen-bond donors (Lipinski definition) is 1. The number of hydrogen-bond acceptors (Lipinski definition) is 4. The molecule has 1 aliphatic heterocycles. The Morgan fingerprint density at radius 3 is 2.82 bits per heavy atom. The lowest BCUT2D eigenvalue weighted by Gasteiger charge is -2.12. The smallest absolute Gasteiger partial charge is 0.240 e. The summed E-state index contributed by atoms with van der Waals surface area (Å²) in [6, 6.07) is 15.5. The van der Waals surface area contributed by atoms with Gasteiger partial charge in [0.05, 0.1) is 16.5 Å². The van der Waals surface area contributed by atoms with Gasteiger partial charge >= 0.3 is 0 Å². The number of nitrogens with one attached hydrogen (secondary N) is 1. The highest BCUT2D eigenvalue weighted by molar-refractivity contribution is 7.89. The van der Waals surface area contributed by atoms with Gasteiger partial charge in [0, 0.05) is 13.0 Å². The highest BCUT2D eigenvalue weighted by atomic mass is 32.2. The van der Waals surface area contributed by atoms with Crippen LogP contribution in [0.15, 0.2) is 53.4 Å². The van der Waals surface area contributed by atoms with E-state index in [0.29, 0.717) is 12.0 Å². The van der Waals surface area contributed by atoms with Crippen LogP contribution in [0.1, 0.15) is 11.1 Å². The molecule has 0 aromatic heterocycles. The summed E-state index contributed by atoms with van der Waals surface area (Å²) in [6.45, 7) is 0.188. The molecule has 0 aliphatic carbocycles. The zero-order valence-electron chi connectivity index (χ0n) is 11.7. The van der Waals surface area contributed by atoms with E-state index >= 15 is 0 Å². The van der Waals surface area contributed by atoms with E-state index in [2.05, 4.69) is 4.72 Å². The average Bonchev–Trinajstić information content (AvgIpc) is 2.96. The minimum atomic E-state index is -3.65. The van der Waals surface area contributed by atoms with Gasteiger partial charge in [0.2, 0.25) is 10.0 Å². The van der Waals surface area contributed by atoms with E-state index in [1.807, 2.05) is 30.3 Å². The lowest BCUT2D eigenvalue weighted by atomic mass is 10.1. The van der Waals surface area contributed by atoms with Crippen molar-refractivity contribution >= 4 is 10.0 Å². The summed E-state index contributed by atoms with van der Waals surface area (Å²) in [5.41, 5.74) is 1.39. The molecule has 0 amide bonds. The molecule has 0 bridgehead atoms. The topological polar surface area (TPSA) is 79.2 Å². The van der Waals surface area contributed by atoms with Crippen LogP contribution in [0.3, 0.4) is 0 Å². The summed E-state index contributed by atoms with van der Waals surface area (Å²) in [7, 11) is -3.65. The van der Waals surface area contributed by atoms with Crippen molar-refractivity contribution in [2.45, 2.75) is 17.4 Å². The van der Waals surface area contributed by atoms with Crippen LogP contribution >= 0.6 is 0 Å². The molecule has 0 saturated heterocycles. The molecule has 6 heteroatoms. The highest BCUT2D eigenvalue weighted by Crippen LogP contribution is 2.27. The Hall–Kier alpha value is -2.36. The van der Waals surface area contributed by atoms with Crippen molar-refractivity contribution in [3.05, 3.63) is 59.7 Å². The molecule has 1 heterocycles. The van der Waals surface area contributed by atoms with Crippen LogP contribution in [-0.4, -0.2) is 21.1 Å². The third-order valence-electron chi connectivity index (χ3n) is 3.49. The van der Waals surface area contributed by atoms with E-state index in [1.54, 1.807) is 12.1 Å². The molecule has 1 unspecified atom stereocenters. The number of para-hydroxylation sites is 1. The summed E-state index contributed by atoms with van der Waals surface area (Å²) < 4.78 is 32.8. The fraction of sp³-hybridized carbons (Fsp3) is 0.188. The zero-order valence-corrected chi connectivity index (χ0v) is 12.5. The van der Waals surface area contributed by atoms with Crippen LogP contribution in [0, 0.1) is 11.3 Å². The number of nitrogens with zero attached hydrogens (tertiary/aromatic N) is 1. The minimum absolute atomic E-state index is 0.0852. The van der Waals surface area contributed by atoms with Crippen molar-refractivity contribution in [1.82, 2.24) is 4.72 Å². The molecular formula is C16H14N2O3S. The summed E-state index contributed by atoms with van der Waals surface area (Å²) in [6.07, 6.45) is 0.461. The van der Waals surface area contributed by atoms with Crippen LogP contribution in [0.4, 0.5) is 0 Å². The molecular weight excluding hydrogens is 300 g/mol. The summed E-state index contributed by atoms with van der Waals surface area (Å²) in [5, 5.41) is 8.85. The molecule has 3 rings (SSSR count). The zero-order chi connectivity index (χ0) is 15.6. The fourth-order valence-electron chi connectivity index (χ4n) is 2.39. The maximum atomic E-state index is 12.3. The average molecular weight is 314 g/mol. The number of sulfonamides is 1. The molecule has 0 saturated carbocycles. The Morgan fingerprint density at radius 1 is 1.23 bits per heavy atom. The van der Waals surface area contributed by atoms with Crippen LogP contribution < -0.4 is 9.46 Å². The second kappa shape index (κ2) is 5.79. The Kier molecular flexibility index (Phi) is 3.84. The van der Waals surface area contributed by atoms with Crippen molar-refractivity contribution in [2.75, 3.05) is 6.54 Å². The van der Waals surface area contributed by atoms with Gasteiger partial charge in [-0.15, -0.1) is 0 Å². The second-order valence-electron chi connectivity index (χ2n) is 5.04. The molecule has 0 spiro atoms. The largest absolute Gasteiger partial charge is 0.488 e. The van der Waals surface area contributed by atoms with E-state index in [9.17, 15) is 8.42 Å². The number of rotatable bonds is 4. The lowest BCUT2D eigenvalue weighted by molar-refractivity contribution is 0.236. The number of benzene rings is 2. The van der Waals surface area contributed by atoms with Crippen LogP contribution in [0.25, 0.3) is 0 Å². The summed E-state index contributed by atoms with van der Waals surface area (Å²) >= 11 is 0. The first-order valence-corrected chi connectivity index (χ1v) is 8.31. The standard InChI is InChI=1S/C16H14N2O3S/c17-10-12-4-3-6-15(8-12)22(19,20)18-11-14-9-13-5-1-2-7-16(13)21-14/h1-8,14,18H,9,11H2. The first kappa shape index (κ1) is 14.6. The first-order valence-electron chi connectivity index (χ1n) is 6.83. The molecule has 112 valence electrons. The minimum Gasteiger partial charge on any atom is -0.488 e. The molecule has 2 aromatic carbocycles. The SMILES string of the molecule is N#Cc1cccc(S(=O)(=O)NCC2Cc3ccccc3O2)c1. The summed E-state index contributed by atoms with van der Waals surface area (Å²) in [5.74, 6) is 0.804. The third-order valence-corrected chi connectivity index (χ3v) is 4.91. The number of nitriles is 1. The molecule has 2 aromatic rings. The third kappa shape index (κ3) is 2.96. The molecule has 5 nitrogen and oxygen atoms in total. The predicted octanol–water partition coefficient (Wildman–Crippen LogP) is 1.84. The Balaban J connectivity index is 1.68. The van der Waals surface area contributed by atoms with Gasteiger partial charge in [-0.05, 0) is 29.8 Å². The molecule has 1 aliphatic rings. The molecule has 0 radical (unpaired) electrons.